The molecule has 3 aliphatic rings. The third-order valence-corrected chi connectivity index (χ3v) is 9.08. The van der Waals surface area contributed by atoms with Crippen molar-refractivity contribution in [2.75, 3.05) is 23.7 Å². The summed E-state index contributed by atoms with van der Waals surface area (Å²) in [6.45, 7) is 17.4. The summed E-state index contributed by atoms with van der Waals surface area (Å²) in [5, 5.41) is 0. The molecule has 0 aromatic heterocycles. The Labute approximate surface area is 220 Å². The minimum absolute atomic E-state index is 0.149. The van der Waals surface area contributed by atoms with Crippen LogP contribution in [0.2, 0.25) is 0 Å². The molecule has 36 heavy (non-hydrogen) atoms. The third kappa shape index (κ3) is 3.48. The van der Waals surface area contributed by atoms with Crippen LogP contribution in [0.25, 0.3) is 0 Å². The number of hydrogen-bond donors (Lipinski definition) is 0. The van der Waals surface area contributed by atoms with Crippen LogP contribution in [0.15, 0.2) is 82.4 Å². The van der Waals surface area contributed by atoms with Crippen LogP contribution in [0.5, 0.6) is 0 Å². The number of benzene rings is 2. The molecule has 0 N–H and O–H groups in total. The standard InChI is InChI=1S/C32H37N2OS/c1-8-33-25-17-13-11-15-23(25)31(4,5)27(33)19-21-29(35)22(30(21)36-10-3)20-28-32(6,7)24-16-12-14-18-26(24)34(28)9-2/h11-20H,8-10H2,1-7H3/q+1. The van der Waals surface area contributed by atoms with Gasteiger partial charge in [-0.25, -0.2) is 0 Å². The van der Waals surface area contributed by atoms with Gasteiger partial charge >= 0.3 is 0 Å². The highest BCUT2D eigenvalue weighted by atomic mass is 32.2. The topological polar surface area (TPSA) is 23.3 Å². The molecule has 0 spiro atoms. The number of anilines is 1. The van der Waals surface area contributed by atoms with Gasteiger partial charge in [0.1, 0.15) is 6.54 Å². The van der Waals surface area contributed by atoms with E-state index in [4.69, 9.17) is 0 Å². The Morgan fingerprint density at radius 3 is 2.22 bits per heavy atom. The van der Waals surface area contributed by atoms with Crippen molar-refractivity contribution in [3.63, 3.8) is 0 Å². The van der Waals surface area contributed by atoms with Gasteiger partial charge in [0.05, 0.1) is 5.41 Å². The molecule has 2 aliphatic heterocycles. The minimum atomic E-state index is -0.149. The van der Waals surface area contributed by atoms with Gasteiger partial charge < -0.3 is 4.90 Å². The molecule has 2 aromatic carbocycles. The Hall–Kier alpha value is -2.85. The molecule has 0 amide bonds. The van der Waals surface area contributed by atoms with Crippen molar-refractivity contribution in [2.24, 2.45) is 0 Å². The normalized spacial score (nSPS) is 22.0. The lowest BCUT2D eigenvalue weighted by molar-refractivity contribution is -0.433. The lowest BCUT2D eigenvalue weighted by Gasteiger charge is -2.30. The summed E-state index contributed by atoms with van der Waals surface area (Å²) < 4.78 is 2.37. The third-order valence-electron chi connectivity index (χ3n) is 8.06. The van der Waals surface area contributed by atoms with Crippen molar-refractivity contribution in [1.29, 1.82) is 0 Å². The monoisotopic (exact) mass is 497 g/mol. The molecule has 0 saturated carbocycles. The van der Waals surface area contributed by atoms with Gasteiger partial charge in [0.25, 0.3) is 0 Å². The van der Waals surface area contributed by atoms with Gasteiger partial charge in [-0.2, -0.15) is 4.58 Å². The number of ketones is 1. The predicted octanol–water partition coefficient (Wildman–Crippen LogP) is 7.30. The van der Waals surface area contributed by atoms with E-state index < -0.39 is 0 Å². The van der Waals surface area contributed by atoms with Crippen molar-refractivity contribution in [2.45, 2.75) is 59.3 Å². The van der Waals surface area contributed by atoms with Crippen molar-refractivity contribution >= 4 is 34.6 Å². The lowest BCUT2D eigenvalue weighted by atomic mass is 9.78. The van der Waals surface area contributed by atoms with Crippen LogP contribution >= 0.6 is 11.8 Å². The highest BCUT2D eigenvalue weighted by Gasteiger charge is 2.46. The number of nitrogens with zero attached hydrogens (tertiary/aromatic N) is 2. The highest BCUT2D eigenvalue weighted by molar-refractivity contribution is 8.03. The maximum atomic E-state index is 13.7. The Morgan fingerprint density at radius 1 is 0.889 bits per heavy atom. The van der Waals surface area contributed by atoms with Gasteiger partial charge in [0.2, 0.25) is 5.69 Å². The molecule has 0 fully saturated rings. The van der Waals surface area contributed by atoms with E-state index in [2.05, 4.69) is 119 Å². The highest BCUT2D eigenvalue weighted by Crippen LogP contribution is 2.50. The summed E-state index contributed by atoms with van der Waals surface area (Å²) in [7, 11) is 0. The minimum Gasteiger partial charge on any atom is -0.344 e. The number of thioether (sulfide) groups is 1. The van der Waals surface area contributed by atoms with Crippen molar-refractivity contribution in [3.8, 4) is 0 Å². The molecular formula is C32H37N2OS+. The van der Waals surface area contributed by atoms with E-state index in [1.807, 2.05) is 0 Å². The van der Waals surface area contributed by atoms with Crippen molar-refractivity contribution < 1.29 is 9.37 Å². The average molecular weight is 498 g/mol. The van der Waals surface area contributed by atoms with Crippen LogP contribution in [-0.2, 0) is 15.6 Å². The van der Waals surface area contributed by atoms with Crippen molar-refractivity contribution in [3.05, 3.63) is 93.6 Å². The molecule has 3 nitrogen and oxygen atoms in total. The van der Waals surface area contributed by atoms with Crippen LogP contribution < -0.4 is 4.90 Å². The number of carbonyl (C=O) groups excluding carboxylic acids is 1. The molecule has 0 saturated heterocycles. The number of carbonyl (C=O) groups is 1. The van der Waals surface area contributed by atoms with Gasteiger partial charge in [-0.1, -0.05) is 57.2 Å². The van der Waals surface area contributed by atoms with E-state index in [0.29, 0.717) is 0 Å². The summed E-state index contributed by atoms with van der Waals surface area (Å²) in [4.78, 5) is 17.2. The van der Waals surface area contributed by atoms with E-state index in [1.54, 1.807) is 11.8 Å². The van der Waals surface area contributed by atoms with Crippen LogP contribution in [-0.4, -0.2) is 34.9 Å². The molecule has 0 bridgehead atoms. The summed E-state index contributed by atoms with van der Waals surface area (Å²) in [6, 6.07) is 17.3. The fourth-order valence-electron chi connectivity index (χ4n) is 6.15. The molecule has 0 unspecified atom stereocenters. The Morgan fingerprint density at radius 2 is 1.56 bits per heavy atom. The molecule has 0 atom stereocenters. The van der Waals surface area contributed by atoms with Crippen molar-refractivity contribution in [1.82, 2.24) is 0 Å². The molecule has 0 radical (unpaired) electrons. The second-order valence-corrected chi connectivity index (χ2v) is 12.0. The Balaban J connectivity index is 1.63. The van der Waals surface area contributed by atoms with Gasteiger partial charge in [0.15, 0.2) is 11.5 Å². The first kappa shape index (κ1) is 24.8. The fraction of sp³-hybridized carbons (Fsp3) is 0.375. The van der Waals surface area contributed by atoms with Crippen LogP contribution in [0.1, 0.15) is 59.6 Å². The molecule has 4 heteroatoms. The Kier molecular flexibility index (Phi) is 6.15. The van der Waals surface area contributed by atoms with Gasteiger partial charge in [-0.15, -0.1) is 11.8 Å². The van der Waals surface area contributed by atoms with E-state index in [-0.39, 0.29) is 16.6 Å². The number of hydrogen-bond acceptors (Lipinski definition) is 3. The van der Waals surface area contributed by atoms with E-state index in [1.165, 1.54) is 33.9 Å². The molecule has 2 aromatic rings. The molecule has 1 aliphatic carbocycles. The van der Waals surface area contributed by atoms with E-state index in [0.717, 1.165) is 34.9 Å². The number of para-hydroxylation sites is 2. The zero-order valence-corrected chi connectivity index (χ0v) is 23.4. The summed E-state index contributed by atoms with van der Waals surface area (Å²) in [5.41, 5.74) is 9.00. The molecule has 5 rings (SSSR count). The van der Waals surface area contributed by atoms with E-state index >= 15 is 0 Å². The van der Waals surface area contributed by atoms with E-state index in [9.17, 15) is 4.79 Å². The number of fused-ring (bicyclic) bond motifs is 2. The largest absolute Gasteiger partial charge is 0.344 e. The summed E-state index contributed by atoms with van der Waals surface area (Å²) in [6.07, 6.45) is 4.36. The van der Waals surface area contributed by atoms with Crippen LogP contribution in [0.4, 0.5) is 11.4 Å². The van der Waals surface area contributed by atoms with Gasteiger partial charge in [-0.3, -0.25) is 4.79 Å². The van der Waals surface area contributed by atoms with Crippen LogP contribution in [0, 0.1) is 0 Å². The molecular weight excluding hydrogens is 460 g/mol. The molecule has 186 valence electrons. The first-order valence-corrected chi connectivity index (χ1v) is 14.1. The molecule has 2 heterocycles. The summed E-state index contributed by atoms with van der Waals surface area (Å²) in [5.74, 6) is 1.10. The fourth-order valence-corrected chi connectivity index (χ4v) is 7.06. The first-order valence-electron chi connectivity index (χ1n) is 13.2. The zero-order chi connectivity index (χ0) is 25.8. The zero-order valence-electron chi connectivity index (χ0n) is 22.6. The second kappa shape index (κ2) is 8.92. The number of likely N-dealkylation sites (N-methyl/N-ethyl adjacent to an activating group) is 1. The second-order valence-electron chi connectivity index (χ2n) is 10.8. The predicted molar refractivity (Wildman–Crippen MR) is 154 cm³/mol. The lowest BCUT2D eigenvalue weighted by Crippen LogP contribution is -2.31. The maximum Gasteiger partial charge on any atom is 0.209 e. The Bertz CT molecular complexity index is 1390. The summed E-state index contributed by atoms with van der Waals surface area (Å²) >= 11 is 1.79. The quantitative estimate of drug-likeness (QED) is 0.309. The average Bonchev–Trinajstić information content (AvgIpc) is 3.23. The first-order chi connectivity index (χ1) is 17.2. The number of allylic oxidation sites excluding steroid dienone is 5. The smallest absolute Gasteiger partial charge is 0.209 e. The maximum absolute atomic E-state index is 13.7. The SMILES string of the molecule is CCSC1=C(/C=C2\N(CC)c3ccccc3C2(C)C)C(=O)/C1=C/C1=[N+](CC)c2ccccc2C1(C)C. The number of Topliss-reactive ketones (excluding diaryl/α,β-unsaturated/α-hetero) is 1. The van der Waals surface area contributed by atoms with Gasteiger partial charge in [-0.05, 0) is 51.2 Å². The van der Waals surface area contributed by atoms with Gasteiger partial charge in [0, 0.05) is 57.1 Å². The van der Waals surface area contributed by atoms with Crippen LogP contribution in [0.3, 0.4) is 0 Å². The number of rotatable bonds is 6.